The minimum Gasteiger partial charge on any atom is -0.357 e. The third-order valence-corrected chi connectivity index (χ3v) is 6.24. The fourth-order valence-corrected chi connectivity index (χ4v) is 4.45. The summed E-state index contributed by atoms with van der Waals surface area (Å²) in [6.07, 6.45) is 0. The fraction of sp³-hybridized carbons (Fsp3) is 0.444. The lowest BCUT2D eigenvalue weighted by molar-refractivity contribution is 0.580. The van der Waals surface area contributed by atoms with Gasteiger partial charge in [0.15, 0.2) is 5.96 Å². The van der Waals surface area contributed by atoms with Gasteiger partial charge < -0.3 is 10.6 Å². The second-order valence-electron chi connectivity index (χ2n) is 6.30. The van der Waals surface area contributed by atoms with Crippen LogP contribution in [0.4, 0.5) is 0 Å². The Morgan fingerprint density at radius 3 is 2.71 bits per heavy atom. The molecule has 154 valence electrons. The van der Waals surface area contributed by atoms with Gasteiger partial charge >= 0.3 is 0 Å². The van der Waals surface area contributed by atoms with E-state index < -0.39 is 10.0 Å². The van der Waals surface area contributed by atoms with E-state index in [9.17, 15) is 8.42 Å². The van der Waals surface area contributed by atoms with Gasteiger partial charge in [0.05, 0.1) is 17.1 Å². The number of benzene rings is 1. The lowest BCUT2D eigenvalue weighted by atomic mass is 10.2. The Morgan fingerprint density at radius 1 is 1.29 bits per heavy atom. The van der Waals surface area contributed by atoms with Crippen LogP contribution in [0, 0.1) is 0 Å². The number of guanidine groups is 1. The zero-order valence-corrected chi connectivity index (χ0v) is 18.6. The predicted octanol–water partition coefficient (Wildman–Crippen LogP) is 2.95. The number of aromatic nitrogens is 1. The first kappa shape index (κ1) is 22.6. The van der Waals surface area contributed by atoms with Crippen molar-refractivity contribution in [3.8, 4) is 0 Å². The van der Waals surface area contributed by atoms with E-state index in [-0.39, 0.29) is 11.4 Å². The van der Waals surface area contributed by atoms with Crippen LogP contribution in [0.3, 0.4) is 0 Å². The van der Waals surface area contributed by atoms with Crippen LogP contribution >= 0.6 is 22.9 Å². The van der Waals surface area contributed by atoms with Crippen molar-refractivity contribution < 1.29 is 8.42 Å². The molecule has 1 aromatic carbocycles. The molecule has 0 radical (unpaired) electrons. The zero-order valence-electron chi connectivity index (χ0n) is 16.2. The molecule has 0 spiro atoms. The Hall–Kier alpha value is -1.68. The maximum Gasteiger partial charge on any atom is 0.240 e. The summed E-state index contributed by atoms with van der Waals surface area (Å²) < 4.78 is 27.1. The van der Waals surface area contributed by atoms with Gasteiger partial charge in [-0.3, -0.25) is 0 Å². The molecule has 0 aliphatic carbocycles. The van der Waals surface area contributed by atoms with Crippen molar-refractivity contribution in [1.82, 2.24) is 20.3 Å². The molecule has 0 aliphatic heterocycles. The summed E-state index contributed by atoms with van der Waals surface area (Å²) in [5.74, 6) is 1.01. The van der Waals surface area contributed by atoms with Crippen LogP contribution in [-0.2, 0) is 16.6 Å². The molecule has 28 heavy (non-hydrogen) atoms. The summed E-state index contributed by atoms with van der Waals surface area (Å²) in [4.78, 5) is 9.22. The van der Waals surface area contributed by atoms with E-state index in [1.165, 1.54) is 12.1 Å². The molecule has 0 bridgehead atoms. The summed E-state index contributed by atoms with van der Waals surface area (Å²) in [6, 6.07) is 6.16. The molecule has 2 rings (SSSR count). The van der Waals surface area contributed by atoms with E-state index >= 15 is 0 Å². The maximum atomic E-state index is 12.3. The van der Waals surface area contributed by atoms with Crippen molar-refractivity contribution in [3.63, 3.8) is 0 Å². The van der Waals surface area contributed by atoms with Crippen LogP contribution in [0.25, 0.3) is 0 Å². The number of hydrogen-bond donors (Lipinski definition) is 3. The summed E-state index contributed by atoms with van der Waals surface area (Å²) in [5, 5.41) is 9.64. The Bertz CT molecular complexity index is 897. The highest BCUT2D eigenvalue weighted by atomic mass is 35.5. The molecule has 0 fully saturated rings. The minimum absolute atomic E-state index is 0.144. The van der Waals surface area contributed by atoms with Gasteiger partial charge in [0.25, 0.3) is 0 Å². The van der Waals surface area contributed by atoms with Crippen LogP contribution < -0.4 is 15.4 Å². The topological polar surface area (TPSA) is 95.5 Å². The van der Waals surface area contributed by atoms with Gasteiger partial charge in [0.2, 0.25) is 10.0 Å². The lowest BCUT2D eigenvalue weighted by Crippen LogP contribution is -2.41. The molecule has 1 heterocycles. The second-order valence-corrected chi connectivity index (χ2v) is 9.44. The summed E-state index contributed by atoms with van der Waals surface area (Å²) >= 11 is 7.45. The SMILES string of the molecule is CCNC(=NCc1nc(C(C)C)cs1)NCCNS(=O)(=O)c1cccc(Cl)c1. The molecule has 0 saturated carbocycles. The van der Waals surface area contributed by atoms with Gasteiger partial charge in [-0.05, 0) is 31.0 Å². The van der Waals surface area contributed by atoms with Gasteiger partial charge in [-0.2, -0.15) is 0 Å². The number of aliphatic imine (C=N–C) groups is 1. The Morgan fingerprint density at radius 2 is 2.07 bits per heavy atom. The fourth-order valence-electron chi connectivity index (χ4n) is 2.24. The Labute approximate surface area is 175 Å². The molecule has 0 saturated heterocycles. The molecule has 10 heteroatoms. The van der Waals surface area contributed by atoms with Crippen LogP contribution in [-0.4, -0.2) is 39.0 Å². The van der Waals surface area contributed by atoms with Crippen molar-refractivity contribution in [1.29, 1.82) is 0 Å². The van der Waals surface area contributed by atoms with Crippen molar-refractivity contribution in [2.24, 2.45) is 4.99 Å². The first-order valence-electron chi connectivity index (χ1n) is 9.03. The third-order valence-electron chi connectivity index (χ3n) is 3.69. The number of nitrogens with zero attached hydrogens (tertiary/aromatic N) is 2. The van der Waals surface area contributed by atoms with Crippen LogP contribution in [0.15, 0.2) is 39.5 Å². The number of hydrogen-bond acceptors (Lipinski definition) is 5. The normalized spacial score (nSPS) is 12.4. The molecule has 0 atom stereocenters. The number of nitrogens with one attached hydrogen (secondary N) is 3. The molecule has 3 N–H and O–H groups in total. The second kappa shape index (κ2) is 10.8. The van der Waals surface area contributed by atoms with Crippen LogP contribution in [0.5, 0.6) is 0 Å². The van der Waals surface area contributed by atoms with Gasteiger partial charge in [-0.25, -0.2) is 23.1 Å². The predicted molar refractivity (Wildman–Crippen MR) is 116 cm³/mol. The van der Waals surface area contributed by atoms with Crippen molar-refractivity contribution in [2.75, 3.05) is 19.6 Å². The number of thiazole rings is 1. The van der Waals surface area contributed by atoms with Gasteiger partial charge in [0, 0.05) is 30.0 Å². The smallest absolute Gasteiger partial charge is 0.240 e. The van der Waals surface area contributed by atoms with Crippen LogP contribution in [0.2, 0.25) is 5.02 Å². The highest BCUT2D eigenvalue weighted by Crippen LogP contribution is 2.18. The van der Waals surface area contributed by atoms with E-state index in [1.54, 1.807) is 23.5 Å². The quantitative estimate of drug-likeness (QED) is 0.314. The van der Waals surface area contributed by atoms with Gasteiger partial charge in [-0.1, -0.05) is 31.5 Å². The molecule has 0 amide bonds. The van der Waals surface area contributed by atoms with Gasteiger partial charge in [-0.15, -0.1) is 11.3 Å². The van der Waals surface area contributed by atoms with Gasteiger partial charge in [0.1, 0.15) is 5.01 Å². The number of sulfonamides is 1. The Kier molecular flexibility index (Phi) is 8.68. The molecule has 7 nitrogen and oxygen atoms in total. The molecule has 1 aromatic heterocycles. The molecule has 0 aliphatic rings. The molecule has 0 unspecified atom stereocenters. The standard InChI is InChI=1S/C18H26ClN5O2S2/c1-4-20-18(22-11-17-24-16(12-27-17)13(2)3)21-8-9-23-28(25,26)15-7-5-6-14(19)10-15/h5-7,10,12-13,23H,4,8-9,11H2,1-3H3,(H2,20,21,22). The van der Waals surface area contributed by atoms with Crippen molar-refractivity contribution in [2.45, 2.75) is 38.1 Å². The van der Waals surface area contributed by atoms with Crippen LogP contribution in [0.1, 0.15) is 37.4 Å². The molecule has 2 aromatic rings. The van der Waals surface area contributed by atoms with E-state index in [4.69, 9.17) is 11.6 Å². The first-order valence-corrected chi connectivity index (χ1v) is 11.8. The van der Waals surface area contributed by atoms with E-state index in [1.807, 2.05) is 6.92 Å². The van der Waals surface area contributed by atoms with E-state index in [0.717, 1.165) is 10.7 Å². The first-order chi connectivity index (χ1) is 13.3. The zero-order chi connectivity index (χ0) is 20.6. The summed E-state index contributed by atoms with van der Waals surface area (Å²) in [7, 11) is -3.60. The monoisotopic (exact) mass is 443 g/mol. The lowest BCUT2D eigenvalue weighted by Gasteiger charge is -2.12. The van der Waals surface area contributed by atoms with E-state index in [2.05, 4.69) is 44.6 Å². The average molecular weight is 444 g/mol. The summed E-state index contributed by atoms with van der Waals surface area (Å²) in [5.41, 5.74) is 1.07. The van der Waals surface area contributed by atoms with E-state index in [0.29, 0.717) is 36.5 Å². The highest BCUT2D eigenvalue weighted by Gasteiger charge is 2.13. The highest BCUT2D eigenvalue weighted by molar-refractivity contribution is 7.89. The number of halogens is 1. The van der Waals surface area contributed by atoms with Crippen molar-refractivity contribution in [3.05, 3.63) is 45.4 Å². The molecular formula is C18H26ClN5O2S2. The largest absolute Gasteiger partial charge is 0.357 e. The summed E-state index contributed by atoms with van der Waals surface area (Å²) in [6.45, 7) is 7.97. The number of rotatable bonds is 9. The average Bonchev–Trinajstić information content (AvgIpc) is 3.12. The third kappa shape index (κ3) is 7.05. The Balaban J connectivity index is 1.87. The minimum atomic E-state index is -3.60. The maximum absolute atomic E-state index is 12.3. The van der Waals surface area contributed by atoms with Crippen molar-refractivity contribution >= 4 is 38.9 Å². The molecular weight excluding hydrogens is 418 g/mol.